The number of benzene rings is 2. The molecule has 162 valence electrons. The van der Waals surface area contributed by atoms with E-state index in [0.29, 0.717) is 24.3 Å². The minimum Gasteiger partial charge on any atom is -0.491 e. The van der Waals surface area contributed by atoms with Crippen LogP contribution in [0.15, 0.2) is 48.5 Å². The molecule has 0 heterocycles. The lowest BCUT2D eigenvalue weighted by Crippen LogP contribution is -2.18. The lowest BCUT2D eigenvalue weighted by Gasteiger charge is -2.19. The van der Waals surface area contributed by atoms with Gasteiger partial charge in [-0.25, -0.2) is 4.79 Å². The Morgan fingerprint density at radius 2 is 1.90 bits per heavy atom. The average Bonchev–Trinajstić information content (AvgIpc) is 2.76. The molecule has 2 N–H and O–H groups in total. The van der Waals surface area contributed by atoms with Crippen LogP contribution in [0.5, 0.6) is 5.75 Å². The minimum absolute atomic E-state index is 0.0170. The van der Waals surface area contributed by atoms with E-state index < -0.39 is 18.2 Å². The Balaban J connectivity index is 2.05. The molecule has 0 fully saturated rings. The van der Waals surface area contributed by atoms with Gasteiger partial charge in [0.2, 0.25) is 0 Å². The van der Waals surface area contributed by atoms with Crippen molar-refractivity contribution in [1.29, 1.82) is 0 Å². The molecule has 8 heteroatoms. The largest absolute Gasteiger partial charge is 0.491 e. The number of rotatable bonds is 11. The fraction of sp³-hybridized carbons (Fsp3) is 0.364. The van der Waals surface area contributed by atoms with Crippen LogP contribution in [-0.2, 0) is 14.3 Å². The summed E-state index contributed by atoms with van der Waals surface area (Å²) < 4.78 is 16.1. The molecule has 0 aliphatic carbocycles. The molecule has 0 spiro atoms. The summed E-state index contributed by atoms with van der Waals surface area (Å²) in [7, 11) is 0. The zero-order valence-electron chi connectivity index (χ0n) is 16.9. The van der Waals surface area contributed by atoms with Crippen LogP contribution >= 0.6 is 12.6 Å². The predicted molar refractivity (Wildman–Crippen MR) is 117 cm³/mol. The summed E-state index contributed by atoms with van der Waals surface area (Å²) in [5, 5.41) is 11.7. The number of esters is 1. The Morgan fingerprint density at radius 3 is 2.60 bits per heavy atom. The highest BCUT2D eigenvalue weighted by Crippen LogP contribution is 2.27. The highest BCUT2D eigenvalue weighted by Gasteiger charge is 2.18. The molecular weight excluding hydrogens is 406 g/mol. The predicted octanol–water partition coefficient (Wildman–Crippen LogP) is 3.91. The standard InChI is InChI=1S/C22H27NO6S/c1-16-7-9-18(10-8-16)23-22(26)29-20(6-3-12-28-21(25)15-30)17-4-2-5-19(14-17)27-13-11-24/h2,4-5,7-10,14,20,24,30H,3,6,11-13,15H2,1H3,(H,23,26)/t20-/m1/s1. The monoisotopic (exact) mass is 433 g/mol. The number of hydrogen-bond acceptors (Lipinski definition) is 7. The first kappa shape index (κ1) is 23.6. The van der Waals surface area contributed by atoms with E-state index in [1.54, 1.807) is 30.3 Å². The Hall–Kier alpha value is -2.71. The second-order valence-electron chi connectivity index (χ2n) is 6.55. The molecule has 0 aliphatic heterocycles. The van der Waals surface area contributed by atoms with Crippen molar-refractivity contribution < 1.29 is 28.9 Å². The summed E-state index contributed by atoms with van der Waals surface area (Å²) in [6.07, 6.45) is -0.199. The molecule has 1 atom stereocenters. The van der Waals surface area contributed by atoms with Crippen LogP contribution in [0.1, 0.15) is 30.1 Å². The second-order valence-corrected chi connectivity index (χ2v) is 6.87. The first-order valence-electron chi connectivity index (χ1n) is 9.66. The van der Waals surface area contributed by atoms with E-state index in [1.807, 2.05) is 25.1 Å². The van der Waals surface area contributed by atoms with Crippen LogP contribution in [0, 0.1) is 6.92 Å². The van der Waals surface area contributed by atoms with E-state index in [9.17, 15) is 9.59 Å². The second kappa shape index (κ2) is 12.8. The molecule has 2 aromatic carbocycles. The summed E-state index contributed by atoms with van der Waals surface area (Å²) in [6.45, 7) is 2.24. The van der Waals surface area contributed by atoms with E-state index >= 15 is 0 Å². The van der Waals surface area contributed by atoms with E-state index in [-0.39, 0.29) is 25.6 Å². The van der Waals surface area contributed by atoms with Crippen LogP contribution in [0.25, 0.3) is 0 Å². The number of hydrogen-bond donors (Lipinski definition) is 3. The van der Waals surface area contributed by atoms with Gasteiger partial charge in [0.1, 0.15) is 18.5 Å². The molecule has 2 aromatic rings. The highest BCUT2D eigenvalue weighted by atomic mass is 32.1. The number of ether oxygens (including phenoxy) is 3. The summed E-state index contributed by atoms with van der Waals surface area (Å²) in [4.78, 5) is 23.7. The lowest BCUT2D eigenvalue weighted by atomic mass is 10.0. The van der Waals surface area contributed by atoms with Gasteiger partial charge in [-0.05, 0) is 49.6 Å². The normalized spacial score (nSPS) is 11.4. The zero-order valence-corrected chi connectivity index (χ0v) is 17.8. The van der Waals surface area contributed by atoms with Crippen molar-refractivity contribution in [3.05, 3.63) is 59.7 Å². The number of thiol groups is 1. The van der Waals surface area contributed by atoms with E-state index in [0.717, 1.165) is 11.1 Å². The minimum atomic E-state index is -0.585. The third-order valence-corrected chi connectivity index (χ3v) is 4.40. The van der Waals surface area contributed by atoms with E-state index in [1.165, 1.54) is 0 Å². The molecule has 0 bridgehead atoms. The van der Waals surface area contributed by atoms with Gasteiger partial charge in [0.05, 0.1) is 19.0 Å². The number of aliphatic hydroxyl groups is 1. The maximum absolute atomic E-state index is 12.4. The molecule has 2 rings (SSSR count). The van der Waals surface area contributed by atoms with E-state index in [4.69, 9.17) is 19.3 Å². The van der Waals surface area contributed by atoms with Crippen LogP contribution in [-0.4, -0.2) is 42.7 Å². The van der Waals surface area contributed by atoms with Gasteiger partial charge in [-0.15, -0.1) is 0 Å². The smallest absolute Gasteiger partial charge is 0.412 e. The first-order chi connectivity index (χ1) is 14.5. The lowest BCUT2D eigenvalue weighted by molar-refractivity contribution is -0.140. The zero-order chi connectivity index (χ0) is 21.8. The molecule has 0 saturated carbocycles. The van der Waals surface area contributed by atoms with Gasteiger partial charge in [0.15, 0.2) is 0 Å². The van der Waals surface area contributed by atoms with Gasteiger partial charge < -0.3 is 19.3 Å². The third-order valence-electron chi connectivity index (χ3n) is 4.14. The Morgan fingerprint density at radius 1 is 1.13 bits per heavy atom. The number of aryl methyl sites for hydroxylation is 1. The van der Waals surface area contributed by atoms with Crippen molar-refractivity contribution in [2.45, 2.75) is 25.9 Å². The third kappa shape index (κ3) is 8.34. The Kier molecular flexibility index (Phi) is 10.0. The maximum Gasteiger partial charge on any atom is 0.412 e. The van der Waals surface area contributed by atoms with Gasteiger partial charge in [-0.3, -0.25) is 10.1 Å². The topological polar surface area (TPSA) is 94.1 Å². The fourth-order valence-corrected chi connectivity index (χ4v) is 2.77. The van der Waals surface area contributed by atoms with Gasteiger partial charge in [-0.2, -0.15) is 12.6 Å². The molecule has 0 radical (unpaired) electrons. The molecule has 0 aromatic heterocycles. The highest BCUT2D eigenvalue weighted by molar-refractivity contribution is 7.81. The quantitative estimate of drug-likeness (QED) is 0.283. The van der Waals surface area contributed by atoms with Crippen molar-refractivity contribution in [1.82, 2.24) is 0 Å². The number of aliphatic hydroxyl groups excluding tert-OH is 1. The average molecular weight is 434 g/mol. The molecule has 1 amide bonds. The van der Waals surface area contributed by atoms with Gasteiger partial charge >= 0.3 is 12.1 Å². The number of carbonyl (C=O) groups is 2. The Labute approximate surface area is 181 Å². The summed E-state index contributed by atoms with van der Waals surface area (Å²) in [5.74, 6) is 0.186. The summed E-state index contributed by atoms with van der Waals surface area (Å²) in [5.41, 5.74) is 2.46. The molecular formula is C22H27NO6S. The SMILES string of the molecule is Cc1ccc(NC(=O)O[C@H](CCCOC(=O)CS)c2cccc(OCCO)c2)cc1. The first-order valence-corrected chi connectivity index (χ1v) is 10.3. The van der Waals surface area contributed by atoms with Crippen molar-refractivity contribution in [3.63, 3.8) is 0 Å². The van der Waals surface area contributed by atoms with Crippen molar-refractivity contribution in [3.8, 4) is 5.75 Å². The van der Waals surface area contributed by atoms with Crippen molar-refractivity contribution in [2.24, 2.45) is 0 Å². The molecule has 0 saturated heterocycles. The molecule has 0 aliphatic rings. The molecule has 0 unspecified atom stereocenters. The number of anilines is 1. The van der Waals surface area contributed by atoms with Gasteiger partial charge in [0.25, 0.3) is 0 Å². The van der Waals surface area contributed by atoms with E-state index in [2.05, 4.69) is 17.9 Å². The Bertz CT molecular complexity index is 812. The van der Waals surface area contributed by atoms with Gasteiger partial charge in [-0.1, -0.05) is 29.8 Å². The van der Waals surface area contributed by atoms with Crippen molar-refractivity contribution in [2.75, 3.05) is 30.9 Å². The van der Waals surface area contributed by atoms with Crippen LogP contribution in [0.4, 0.5) is 10.5 Å². The van der Waals surface area contributed by atoms with Crippen LogP contribution in [0.3, 0.4) is 0 Å². The number of amides is 1. The fourth-order valence-electron chi connectivity index (χ4n) is 2.68. The molecule has 7 nitrogen and oxygen atoms in total. The summed E-state index contributed by atoms with van der Waals surface area (Å²) in [6, 6.07) is 14.5. The van der Waals surface area contributed by atoms with Gasteiger partial charge in [0, 0.05) is 5.69 Å². The number of nitrogens with one attached hydrogen (secondary N) is 1. The maximum atomic E-state index is 12.4. The van der Waals surface area contributed by atoms with Crippen molar-refractivity contribution >= 4 is 30.4 Å². The summed E-state index contributed by atoms with van der Waals surface area (Å²) >= 11 is 3.87. The van der Waals surface area contributed by atoms with Crippen LogP contribution in [0.2, 0.25) is 0 Å². The van der Waals surface area contributed by atoms with Crippen LogP contribution < -0.4 is 10.1 Å². The number of carbonyl (C=O) groups excluding carboxylic acids is 2. The molecule has 30 heavy (non-hydrogen) atoms.